The lowest BCUT2D eigenvalue weighted by Gasteiger charge is -2.10. The molecule has 0 saturated heterocycles. The molecule has 0 radical (unpaired) electrons. The number of aryl methyl sites for hydroxylation is 1. The first-order valence-electron chi connectivity index (χ1n) is 6.93. The third-order valence-corrected chi connectivity index (χ3v) is 5.20. The highest BCUT2D eigenvalue weighted by Crippen LogP contribution is 2.24. The maximum Gasteiger partial charge on any atom is 0.267 e. The van der Waals surface area contributed by atoms with Crippen LogP contribution in [0.1, 0.15) is 35.0 Å². The van der Waals surface area contributed by atoms with Crippen LogP contribution >= 0.6 is 11.3 Å². The van der Waals surface area contributed by atoms with Gasteiger partial charge in [-0.3, -0.25) is 4.79 Å². The summed E-state index contributed by atoms with van der Waals surface area (Å²) in [6.07, 6.45) is 2.94. The van der Waals surface area contributed by atoms with Crippen LogP contribution in [0.4, 0.5) is 5.69 Å². The molecule has 0 fully saturated rings. The maximum atomic E-state index is 12.3. The molecule has 3 N–H and O–H groups in total. The van der Waals surface area contributed by atoms with E-state index in [1.54, 1.807) is 0 Å². The number of carbonyl (C=O) groups excluding carboxylic acids is 1. The van der Waals surface area contributed by atoms with E-state index >= 15 is 0 Å². The van der Waals surface area contributed by atoms with E-state index in [-0.39, 0.29) is 9.77 Å². The molecular formula is C15H18N2O3S2. The van der Waals surface area contributed by atoms with Crippen molar-refractivity contribution in [1.82, 2.24) is 0 Å². The van der Waals surface area contributed by atoms with E-state index in [0.29, 0.717) is 5.69 Å². The Morgan fingerprint density at radius 3 is 2.68 bits per heavy atom. The molecule has 2 aromatic rings. The van der Waals surface area contributed by atoms with Crippen molar-refractivity contribution in [2.45, 2.75) is 31.1 Å². The summed E-state index contributed by atoms with van der Waals surface area (Å²) >= 11 is 1.06. The van der Waals surface area contributed by atoms with Crippen LogP contribution in [-0.2, 0) is 16.4 Å². The van der Waals surface area contributed by atoms with Gasteiger partial charge in [0.15, 0.2) is 0 Å². The number of carbonyl (C=O) groups is 1. The molecule has 7 heteroatoms. The van der Waals surface area contributed by atoms with Crippen molar-refractivity contribution in [3.8, 4) is 0 Å². The number of hydrogen-bond acceptors (Lipinski definition) is 4. The molecule has 0 unspecified atom stereocenters. The highest BCUT2D eigenvalue weighted by Gasteiger charge is 2.21. The molecule has 0 bridgehead atoms. The van der Waals surface area contributed by atoms with E-state index in [1.165, 1.54) is 11.4 Å². The monoisotopic (exact) mass is 338 g/mol. The van der Waals surface area contributed by atoms with Crippen LogP contribution in [0.25, 0.3) is 0 Å². The zero-order valence-electron chi connectivity index (χ0n) is 12.2. The number of nitrogens with one attached hydrogen (secondary N) is 1. The molecular weight excluding hydrogens is 320 g/mol. The van der Waals surface area contributed by atoms with Gasteiger partial charge in [0.2, 0.25) is 10.0 Å². The van der Waals surface area contributed by atoms with Crippen LogP contribution in [0.3, 0.4) is 0 Å². The highest BCUT2D eigenvalue weighted by atomic mass is 32.2. The Morgan fingerprint density at radius 1 is 1.27 bits per heavy atom. The van der Waals surface area contributed by atoms with Gasteiger partial charge < -0.3 is 5.32 Å². The van der Waals surface area contributed by atoms with Gasteiger partial charge in [0.1, 0.15) is 9.77 Å². The van der Waals surface area contributed by atoms with Crippen molar-refractivity contribution in [3.63, 3.8) is 0 Å². The molecule has 0 spiro atoms. The first kappa shape index (κ1) is 16.7. The number of benzene rings is 1. The molecule has 1 aromatic carbocycles. The fourth-order valence-corrected chi connectivity index (χ4v) is 3.96. The standard InChI is InChI=1S/C15H18N2O3S2/c1-2-3-6-11-7-4-5-8-12(11)17-15(18)14-13(9-10-21-14)22(16,19)20/h4-5,7-10H,2-3,6H2,1H3,(H,17,18)(H2,16,19,20). The van der Waals surface area contributed by atoms with Gasteiger partial charge in [-0.05, 0) is 35.9 Å². The molecule has 1 heterocycles. The number of anilines is 1. The van der Waals surface area contributed by atoms with Crippen LogP contribution in [0.2, 0.25) is 0 Å². The first-order valence-corrected chi connectivity index (χ1v) is 9.35. The number of primary sulfonamides is 1. The van der Waals surface area contributed by atoms with Gasteiger partial charge in [0.25, 0.3) is 5.91 Å². The summed E-state index contributed by atoms with van der Waals surface area (Å²) in [6, 6.07) is 8.87. The smallest absolute Gasteiger partial charge is 0.267 e. The Kier molecular flexibility index (Phi) is 5.33. The summed E-state index contributed by atoms with van der Waals surface area (Å²) in [5.41, 5.74) is 1.74. The van der Waals surface area contributed by atoms with Crippen molar-refractivity contribution >= 4 is 33.0 Å². The van der Waals surface area contributed by atoms with E-state index in [0.717, 1.165) is 36.2 Å². The van der Waals surface area contributed by atoms with E-state index in [2.05, 4.69) is 12.2 Å². The number of rotatable bonds is 6. The second-order valence-corrected chi connectivity index (χ2v) is 7.32. The van der Waals surface area contributed by atoms with Crippen molar-refractivity contribution in [1.29, 1.82) is 0 Å². The molecule has 0 aliphatic rings. The summed E-state index contributed by atoms with van der Waals surface area (Å²) in [7, 11) is -3.90. The molecule has 22 heavy (non-hydrogen) atoms. The molecule has 0 atom stereocenters. The SMILES string of the molecule is CCCCc1ccccc1NC(=O)c1sccc1S(N)(=O)=O. The number of hydrogen-bond donors (Lipinski definition) is 2. The number of nitrogens with two attached hydrogens (primary N) is 1. The third kappa shape index (κ3) is 3.94. The maximum absolute atomic E-state index is 12.3. The average Bonchev–Trinajstić information content (AvgIpc) is 2.96. The zero-order valence-corrected chi connectivity index (χ0v) is 13.8. The Hall–Kier alpha value is -1.70. The van der Waals surface area contributed by atoms with Crippen molar-refractivity contribution in [3.05, 3.63) is 46.2 Å². The lowest BCUT2D eigenvalue weighted by molar-refractivity contribution is 0.102. The van der Waals surface area contributed by atoms with Gasteiger partial charge in [0.05, 0.1) is 0 Å². The minimum atomic E-state index is -3.90. The molecule has 0 aliphatic heterocycles. The Bertz CT molecular complexity index is 767. The molecule has 1 aromatic heterocycles. The molecule has 1 amide bonds. The Morgan fingerprint density at radius 2 is 2.00 bits per heavy atom. The van der Waals surface area contributed by atoms with Crippen molar-refractivity contribution in [2.75, 3.05) is 5.32 Å². The highest BCUT2D eigenvalue weighted by molar-refractivity contribution is 7.89. The van der Waals surface area contributed by atoms with Crippen LogP contribution in [0.15, 0.2) is 40.6 Å². The van der Waals surface area contributed by atoms with Crippen molar-refractivity contribution < 1.29 is 13.2 Å². The quantitative estimate of drug-likeness (QED) is 0.848. The van der Waals surface area contributed by atoms with Crippen LogP contribution in [0, 0.1) is 0 Å². The predicted molar refractivity (Wildman–Crippen MR) is 88.7 cm³/mol. The van der Waals surface area contributed by atoms with E-state index in [1.807, 2.05) is 24.3 Å². The lowest BCUT2D eigenvalue weighted by atomic mass is 10.1. The molecule has 0 aliphatic carbocycles. The van der Waals surface area contributed by atoms with E-state index in [4.69, 9.17) is 5.14 Å². The zero-order chi connectivity index (χ0) is 16.2. The summed E-state index contributed by atoms with van der Waals surface area (Å²) in [6.45, 7) is 2.10. The lowest BCUT2D eigenvalue weighted by Crippen LogP contribution is -2.18. The molecule has 5 nitrogen and oxygen atoms in total. The van der Waals surface area contributed by atoms with Crippen LogP contribution in [-0.4, -0.2) is 14.3 Å². The van der Waals surface area contributed by atoms with Gasteiger partial charge in [-0.25, -0.2) is 13.6 Å². The molecule has 0 saturated carbocycles. The first-order chi connectivity index (χ1) is 10.4. The van der Waals surface area contributed by atoms with Gasteiger partial charge in [-0.1, -0.05) is 31.5 Å². The largest absolute Gasteiger partial charge is 0.321 e. The van der Waals surface area contributed by atoms with Gasteiger partial charge in [-0.15, -0.1) is 11.3 Å². The van der Waals surface area contributed by atoms with Crippen LogP contribution in [0.5, 0.6) is 0 Å². The average molecular weight is 338 g/mol. The van der Waals surface area contributed by atoms with Gasteiger partial charge >= 0.3 is 0 Å². The second-order valence-electron chi connectivity index (χ2n) is 4.87. The van der Waals surface area contributed by atoms with Crippen LogP contribution < -0.4 is 10.5 Å². The topological polar surface area (TPSA) is 89.3 Å². The van der Waals surface area contributed by atoms with Gasteiger partial charge in [0, 0.05) is 5.69 Å². The van der Waals surface area contributed by atoms with E-state index in [9.17, 15) is 13.2 Å². The normalized spacial score (nSPS) is 11.4. The Labute approximate surface area is 134 Å². The number of thiophene rings is 1. The van der Waals surface area contributed by atoms with Crippen molar-refractivity contribution in [2.24, 2.45) is 5.14 Å². The number of para-hydroxylation sites is 1. The van der Waals surface area contributed by atoms with E-state index < -0.39 is 15.9 Å². The summed E-state index contributed by atoms with van der Waals surface area (Å²) in [4.78, 5) is 12.3. The number of amides is 1. The molecule has 118 valence electrons. The summed E-state index contributed by atoms with van der Waals surface area (Å²) in [5, 5.41) is 9.45. The molecule has 2 rings (SSSR count). The fraction of sp³-hybridized carbons (Fsp3) is 0.267. The third-order valence-electron chi connectivity index (χ3n) is 3.21. The predicted octanol–water partition coefficient (Wildman–Crippen LogP) is 2.99. The minimum Gasteiger partial charge on any atom is -0.321 e. The summed E-state index contributed by atoms with van der Waals surface area (Å²) in [5.74, 6) is -0.456. The minimum absolute atomic E-state index is 0.104. The summed E-state index contributed by atoms with van der Waals surface area (Å²) < 4.78 is 23.0. The van der Waals surface area contributed by atoms with Gasteiger partial charge in [-0.2, -0.15) is 0 Å². The number of unbranched alkanes of at least 4 members (excludes halogenated alkanes) is 1. The Balaban J connectivity index is 2.25. The fourth-order valence-electron chi connectivity index (χ4n) is 2.09. The number of sulfonamides is 1. The second kappa shape index (κ2) is 7.04.